The molecule has 0 saturated heterocycles. The summed E-state index contributed by atoms with van der Waals surface area (Å²) in [6.07, 6.45) is 1.40. The van der Waals surface area contributed by atoms with Gasteiger partial charge in [-0.2, -0.15) is 0 Å². The highest BCUT2D eigenvalue weighted by molar-refractivity contribution is 8.04. The smallest absolute Gasteiger partial charge is 0.411 e. The van der Waals surface area contributed by atoms with E-state index in [2.05, 4.69) is 4.74 Å². The second-order valence-corrected chi connectivity index (χ2v) is 2.39. The lowest BCUT2D eigenvalue weighted by molar-refractivity contribution is 0.130. The molecule has 0 saturated carbocycles. The molecular weight excluding hydrogens is 176 g/mol. The van der Waals surface area contributed by atoms with Gasteiger partial charge in [0, 0.05) is 17.0 Å². The molecule has 1 rings (SSSR count). The van der Waals surface area contributed by atoms with Crippen LogP contribution < -0.4 is 0 Å². The molecule has 0 radical (unpaired) electrons. The van der Waals surface area contributed by atoms with Crippen molar-refractivity contribution in [2.75, 3.05) is 0 Å². The van der Waals surface area contributed by atoms with Gasteiger partial charge in [0.15, 0.2) is 0 Å². The standard InChI is InChI=1S/C5H3ClO3S/c6-5(7)9-4-3-10-2-1-8-4/h1-3H. The highest BCUT2D eigenvalue weighted by Gasteiger charge is 2.05. The summed E-state index contributed by atoms with van der Waals surface area (Å²) in [6.45, 7) is 0. The van der Waals surface area contributed by atoms with E-state index >= 15 is 0 Å². The summed E-state index contributed by atoms with van der Waals surface area (Å²) in [4.78, 5) is 10.1. The molecule has 0 N–H and O–H groups in total. The van der Waals surface area contributed by atoms with E-state index in [-0.39, 0.29) is 5.95 Å². The molecule has 54 valence electrons. The maximum absolute atomic E-state index is 10.1. The van der Waals surface area contributed by atoms with Gasteiger partial charge in [0.25, 0.3) is 5.95 Å². The molecular formula is C5H3ClO3S. The van der Waals surface area contributed by atoms with Crippen molar-refractivity contribution in [3.05, 3.63) is 23.0 Å². The van der Waals surface area contributed by atoms with E-state index in [4.69, 9.17) is 16.3 Å². The third kappa shape index (κ3) is 2.33. The lowest BCUT2D eigenvalue weighted by Crippen LogP contribution is -1.96. The first-order valence-corrected chi connectivity index (χ1v) is 3.66. The van der Waals surface area contributed by atoms with E-state index in [9.17, 15) is 4.79 Å². The first kappa shape index (κ1) is 7.50. The topological polar surface area (TPSA) is 35.5 Å². The summed E-state index contributed by atoms with van der Waals surface area (Å²) in [6, 6.07) is 0. The SMILES string of the molecule is O=C(Cl)OC1=CSC=CO1. The summed E-state index contributed by atoms with van der Waals surface area (Å²) in [5.74, 6) is 0.104. The molecule has 5 heteroatoms. The molecule has 0 unspecified atom stereocenters. The Labute approximate surface area is 66.6 Å². The number of hydrogen-bond donors (Lipinski definition) is 0. The van der Waals surface area contributed by atoms with Crippen LogP contribution in [0.15, 0.2) is 23.0 Å². The van der Waals surface area contributed by atoms with Crippen LogP contribution in [0.2, 0.25) is 0 Å². The molecule has 0 fully saturated rings. The number of rotatable bonds is 1. The molecule has 1 aliphatic rings. The fourth-order valence-corrected chi connectivity index (χ4v) is 0.866. The van der Waals surface area contributed by atoms with Crippen LogP contribution in [0.25, 0.3) is 0 Å². The van der Waals surface area contributed by atoms with Crippen molar-refractivity contribution in [1.82, 2.24) is 0 Å². The van der Waals surface area contributed by atoms with Crippen LogP contribution in [0.5, 0.6) is 0 Å². The molecule has 0 bridgehead atoms. The van der Waals surface area contributed by atoms with Gasteiger partial charge >= 0.3 is 5.43 Å². The van der Waals surface area contributed by atoms with Crippen LogP contribution in [0, 0.1) is 0 Å². The Morgan fingerprint density at radius 2 is 2.60 bits per heavy atom. The van der Waals surface area contributed by atoms with Crippen LogP contribution >= 0.6 is 23.4 Å². The largest absolute Gasteiger partial charge is 0.433 e. The number of thioether (sulfide) groups is 1. The first-order valence-electron chi connectivity index (χ1n) is 2.33. The molecule has 10 heavy (non-hydrogen) atoms. The number of carbonyl (C=O) groups excluding carboxylic acids is 1. The van der Waals surface area contributed by atoms with E-state index in [1.54, 1.807) is 5.41 Å². The fraction of sp³-hybridized carbons (Fsp3) is 0. The zero-order valence-corrected chi connectivity index (χ0v) is 6.32. The summed E-state index contributed by atoms with van der Waals surface area (Å²) in [7, 11) is 0. The summed E-state index contributed by atoms with van der Waals surface area (Å²) < 4.78 is 9.11. The zero-order valence-electron chi connectivity index (χ0n) is 4.74. The Morgan fingerprint density at radius 3 is 3.10 bits per heavy atom. The number of halogens is 1. The van der Waals surface area contributed by atoms with Crippen molar-refractivity contribution in [2.24, 2.45) is 0 Å². The molecule has 0 spiro atoms. The second kappa shape index (κ2) is 3.53. The predicted octanol–water partition coefficient (Wildman–Crippen LogP) is 2.40. The summed E-state index contributed by atoms with van der Waals surface area (Å²) in [5, 5.41) is 3.23. The lowest BCUT2D eigenvalue weighted by atomic mass is 10.9. The Bertz CT molecular complexity index is 199. The molecule has 3 nitrogen and oxygen atoms in total. The van der Waals surface area contributed by atoms with E-state index in [0.717, 1.165) is 0 Å². The molecule has 0 aliphatic carbocycles. The number of ether oxygens (including phenoxy) is 2. The minimum absolute atomic E-state index is 0.104. The fourth-order valence-electron chi connectivity index (χ4n) is 0.377. The van der Waals surface area contributed by atoms with Gasteiger partial charge in [0.1, 0.15) is 6.26 Å². The van der Waals surface area contributed by atoms with Crippen LogP contribution in [0.3, 0.4) is 0 Å². The van der Waals surface area contributed by atoms with Gasteiger partial charge in [-0.1, -0.05) is 11.8 Å². The number of hydrogen-bond acceptors (Lipinski definition) is 4. The van der Waals surface area contributed by atoms with Gasteiger partial charge in [0.05, 0.1) is 5.41 Å². The van der Waals surface area contributed by atoms with Gasteiger partial charge in [0.2, 0.25) is 0 Å². The normalized spacial score (nSPS) is 15.5. The van der Waals surface area contributed by atoms with Gasteiger partial charge in [-0.25, -0.2) is 4.79 Å². The van der Waals surface area contributed by atoms with Gasteiger partial charge in [-0.3, -0.25) is 0 Å². The van der Waals surface area contributed by atoms with Gasteiger partial charge < -0.3 is 9.47 Å². The first-order chi connectivity index (χ1) is 4.79. The third-order valence-corrected chi connectivity index (χ3v) is 1.34. The van der Waals surface area contributed by atoms with E-state index < -0.39 is 5.43 Å². The molecule has 0 atom stereocenters. The van der Waals surface area contributed by atoms with Crippen LogP contribution in [0.1, 0.15) is 0 Å². The Hall–Kier alpha value is -0.610. The van der Waals surface area contributed by atoms with Gasteiger partial charge in [-0.15, -0.1) is 0 Å². The Kier molecular flexibility index (Phi) is 2.65. The quantitative estimate of drug-likeness (QED) is 0.578. The molecule has 0 amide bonds. The zero-order chi connectivity index (χ0) is 7.40. The summed E-state index contributed by atoms with van der Waals surface area (Å²) >= 11 is 6.24. The Morgan fingerprint density at radius 1 is 1.80 bits per heavy atom. The van der Waals surface area contributed by atoms with Crippen LogP contribution in [0.4, 0.5) is 4.79 Å². The molecule has 0 aromatic rings. The van der Waals surface area contributed by atoms with Crippen molar-refractivity contribution < 1.29 is 14.3 Å². The van der Waals surface area contributed by atoms with Crippen molar-refractivity contribution in [3.63, 3.8) is 0 Å². The lowest BCUT2D eigenvalue weighted by Gasteiger charge is -2.05. The second-order valence-electron chi connectivity index (χ2n) is 1.30. The van der Waals surface area contributed by atoms with Crippen LogP contribution in [-0.2, 0) is 9.47 Å². The van der Waals surface area contributed by atoms with Crippen molar-refractivity contribution in [1.29, 1.82) is 0 Å². The maximum Gasteiger partial charge on any atom is 0.411 e. The predicted molar refractivity (Wildman–Crippen MR) is 38.2 cm³/mol. The number of carbonyl (C=O) groups is 1. The average Bonchev–Trinajstić information content (AvgIpc) is 1.88. The van der Waals surface area contributed by atoms with Crippen LogP contribution in [-0.4, -0.2) is 5.43 Å². The molecule has 1 aliphatic heterocycles. The van der Waals surface area contributed by atoms with E-state index in [1.165, 1.54) is 23.4 Å². The minimum Gasteiger partial charge on any atom is -0.433 e. The maximum atomic E-state index is 10.1. The Balaban J connectivity index is 2.41. The average molecular weight is 179 g/mol. The van der Waals surface area contributed by atoms with E-state index in [0.29, 0.717) is 0 Å². The highest BCUT2D eigenvalue weighted by Crippen LogP contribution is 2.17. The third-order valence-electron chi connectivity index (χ3n) is 0.663. The van der Waals surface area contributed by atoms with E-state index in [1.807, 2.05) is 0 Å². The van der Waals surface area contributed by atoms with Crippen molar-refractivity contribution in [2.45, 2.75) is 0 Å². The molecule has 0 aromatic heterocycles. The molecule has 0 aromatic carbocycles. The highest BCUT2D eigenvalue weighted by atomic mass is 35.5. The van der Waals surface area contributed by atoms with Crippen molar-refractivity contribution >= 4 is 28.8 Å². The monoisotopic (exact) mass is 178 g/mol. The molecule has 1 heterocycles. The van der Waals surface area contributed by atoms with Crippen molar-refractivity contribution in [3.8, 4) is 0 Å². The minimum atomic E-state index is -0.901. The summed E-state index contributed by atoms with van der Waals surface area (Å²) in [5.41, 5.74) is -0.901. The van der Waals surface area contributed by atoms with Gasteiger partial charge in [-0.05, 0) is 0 Å².